The summed E-state index contributed by atoms with van der Waals surface area (Å²) in [5.41, 5.74) is 3.34. The standard InChI is InChI=1S/C26H34F3N5O3.H3O4P/c1-17-3-4-21(31-25(36)34-6-5-19(15-34)14-26(27,28)29)13-22(17)20-11-23(30-18(2)16-35)32-24(12-20)33-7-9-37-10-8-33;1-5(2,3)4/h3-4,11-13,18-19,35H,5-10,14-16H2,1-2H3,(H,30,32)(H,31,36);(H3,1,2,3,4). The smallest absolute Gasteiger partial charge is 0.394 e. The van der Waals surface area contributed by atoms with Gasteiger partial charge >= 0.3 is 20.0 Å². The van der Waals surface area contributed by atoms with Crippen LogP contribution in [0.1, 0.15) is 25.3 Å². The van der Waals surface area contributed by atoms with Crippen molar-refractivity contribution < 1.29 is 47.1 Å². The zero-order valence-corrected chi connectivity index (χ0v) is 24.2. The van der Waals surface area contributed by atoms with Crippen molar-refractivity contribution in [2.24, 2.45) is 5.92 Å². The number of aryl methyl sites for hydroxylation is 1. The van der Waals surface area contributed by atoms with Crippen molar-refractivity contribution >= 4 is 31.2 Å². The summed E-state index contributed by atoms with van der Waals surface area (Å²) in [6.07, 6.45) is -4.75. The minimum absolute atomic E-state index is 0.0420. The van der Waals surface area contributed by atoms with E-state index in [9.17, 15) is 23.1 Å². The Kier molecular flexibility index (Phi) is 11.6. The molecule has 1 aromatic heterocycles. The largest absolute Gasteiger partial charge is 0.466 e. The molecule has 1 aromatic carbocycles. The van der Waals surface area contributed by atoms with Crippen LogP contribution in [0.2, 0.25) is 0 Å². The average molecular weight is 620 g/mol. The Morgan fingerprint density at radius 1 is 1.17 bits per heavy atom. The number of rotatable bonds is 7. The van der Waals surface area contributed by atoms with E-state index in [1.807, 2.05) is 38.1 Å². The van der Waals surface area contributed by atoms with Gasteiger partial charge in [-0.25, -0.2) is 14.3 Å². The molecule has 2 amide bonds. The van der Waals surface area contributed by atoms with E-state index in [-0.39, 0.29) is 19.2 Å². The first kappa shape index (κ1) is 33.6. The number of phosphoric acid groups is 1. The van der Waals surface area contributed by atoms with E-state index >= 15 is 0 Å². The number of carbonyl (C=O) groups is 1. The van der Waals surface area contributed by atoms with Gasteiger partial charge in [0.15, 0.2) is 0 Å². The summed E-state index contributed by atoms with van der Waals surface area (Å²) < 4.78 is 52.6. The molecular weight excluding hydrogens is 582 g/mol. The fourth-order valence-electron chi connectivity index (χ4n) is 4.72. The van der Waals surface area contributed by atoms with Crippen LogP contribution in [0.4, 0.5) is 35.3 Å². The Labute approximate surface area is 241 Å². The van der Waals surface area contributed by atoms with E-state index < -0.39 is 32.4 Å². The maximum Gasteiger partial charge on any atom is 0.466 e. The number of aliphatic hydroxyl groups excluding tert-OH is 1. The maximum absolute atomic E-state index is 12.8. The summed E-state index contributed by atoms with van der Waals surface area (Å²) >= 11 is 0. The third kappa shape index (κ3) is 11.0. The lowest BCUT2D eigenvalue weighted by Gasteiger charge is -2.29. The number of likely N-dealkylation sites (tertiary alicyclic amines) is 1. The minimum Gasteiger partial charge on any atom is -0.394 e. The molecule has 234 valence electrons. The molecule has 0 spiro atoms. The van der Waals surface area contributed by atoms with Crippen LogP contribution in [0.5, 0.6) is 0 Å². The first-order valence-corrected chi connectivity index (χ1v) is 14.9. The van der Waals surface area contributed by atoms with Crippen LogP contribution in [0, 0.1) is 12.8 Å². The number of nitrogens with one attached hydrogen (secondary N) is 2. The lowest BCUT2D eigenvalue weighted by atomic mass is 10.00. The number of nitrogens with zero attached hydrogens (tertiary/aromatic N) is 3. The van der Waals surface area contributed by atoms with Crippen LogP contribution in [-0.4, -0.2) is 93.9 Å². The van der Waals surface area contributed by atoms with Crippen molar-refractivity contribution in [1.82, 2.24) is 9.88 Å². The summed E-state index contributed by atoms with van der Waals surface area (Å²) in [5.74, 6) is 0.846. The summed E-state index contributed by atoms with van der Waals surface area (Å²) in [6, 6.07) is 8.88. The summed E-state index contributed by atoms with van der Waals surface area (Å²) in [5, 5.41) is 15.6. The Morgan fingerprint density at radius 3 is 2.45 bits per heavy atom. The van der Waals surface area contributed by atoms with E-state index in [1.54, 1.807) is 6.07 Å². The average Bonchev–Trinajstić information content (AvgIpc) is 3.36. The first-order valence-electron chi connectivity index (χ1n) is 13.4. The Hall–Kier alpha value is -2.94. The number of alkyl halides is 3. The monoisotopic (exact) mass is 619 g/mol. The molecule has 2 atom stereocenters. The number of ether oxygens (including phenoxy) is 1. The summed E-state index contributed by atoms with van der Waals surface area (Å²) in [6.45, 7) is 6.84. The van der Waals surface area contributed by atoms with E-state index in [2.05, 4.69) is 15.5 Å². The highest BCUT2D eigenvalue weighted by atomic mass is 31.2. The van der Waals surface area contributed by atoms with Crippen LogP contribution in [0.25, 0.3) is 11.1 Å². The molecule has 2 saturated heterocycles. The number of hydrogen-bond acceptors (Lipinski definition) is 7. The fraction of sp³-hybridized carbons (Fsp3) is 0.538. The molecule has 12 nitrogen and oxygen atoms in total. The number of halogens is 3. The predicted molar refractivity (Wildman–Crippen MR) is 151 cm³/mol. The van der Waals surface area contributed by atoms with Gasteiger partial charge in [-0.3, -0.25) is 0 Å². The number of benzene rings is 1. The van der Waals surface area contributed by atoms with E-state index in [0.29, 0.717) is 50.8 Å². The number of morpholine rings is 1. The maximum atomic E-state index is 12.8. The second-order valence-electron chi connectivity index (χ2n) is 10.3. The molecule has 2 aliphatic rings. The molecule has 3 heterocycles. The third-order valence-corrected chi connectivity index (χ3v) is 6.71. The van der Waals surface area contributed by atoms with Crippen LogP contribution < -0.4 is 15.5 Å². The number of carbonyl (C=O) groups excluding carboxylic acids is 1. The van der Waals surface area contributed by atoms with E-state index in [4.69, 9.17) is 29.0 Å². The van der Waals surface area contributed by atoms with Crippen molar-refractivity contribution in [3.8, 4) is 11.1 Å². The lowest BCUT2D eigenvalue weighted by Crippen LogP contribution is -2.37. The highest BCUT2D eigenvalue weighted by Crippen LogP contribution is 2.33. The second kappa shape index (κ2) is 14.5. The molecule has 0 saturated carbocycles. The van der Waals surface area contributed by atoms with Crippen molar-refractivity contribution in [3.05, 3.63) is 35.9 Å². The van der Waals surface area contributed by atoms with E-state index in [0.717, 1.165) is 22.5 Å². The Balaban J connectivity index is 0.000000892. The fourth-order valence-corrected chi connectivity index (χ4v) is 4.72. The summed E-state index contributed by atoms with van der Waals surface area (Å²) in [4.78, 5) is 42.7. The van der Waals surface area contributed by atoms with Crippen molar-refractivity contribution in [2.75, 3.05) is 61.5 Å². The topological polar surface area (TPSA) is 168 Å². The molecule has 4 rings (SSSR count). The van der Waals surface area contributed by atoms with Crippen LogP contribution in [0.15, 0.2) is 30.3 Å². The predicted octanol–water partition coefficient (Wildman–Crippen LogP) is 3.56. The number of aliphatic hydroxyl groups is 1. The Bertz CT molecular complexity index is 1250. The van der Waals surface area contributed by atoms with Crippen molar-refractivity contribution in [1.29, 1.82) is 0 Å². The molecule has 0 aliphatic carbocycles. The van der Waals surface area contributed by atoms with Crippen LogP contribution >= 0.6 is 7.82 Å². The molecule has 6 N–H and O–H groups in total. The zero-order chi connectivity index (χ0) is 31.1. The number of amides is 2. The van der Waals surface area contributed by atoms with Gasteiger partial charge in [-0.2, -0.15) is 13.2 Å². The molecule has 2 fully saturated rings. The molecule has 2 aromatic rings. The molecule has 2 unspecified atom stereocenters. The minimum atomic E-state index is -4.64. The van der Waals surface area contributed by atoms with Crippen LogP contribution in [-0.2, 0) is 9.30 Å². The lowest BCUT2D eigenvalue weighted by molar-refractivity contribution is -0.143. The number of urea groups is 1. The number of aromatic nitrogens is 1. The van der Waals surface area contributed by atoms with E-state index in [1.165, 1.54) is 4.90 Å². The van der Waals surface area contributed by atoms with Gasteiger partial charge in [-0.05, 0) is 67.1 Å². The zero-order valence-electron chi connectivity index (χ0n) is 23.3. The normalized spacial score (nSPS) is 18.3. The van der Waals surface area contributed by atoms with Gasteiger partial charge < -0.3 is 45.0 Å². The highest BCUT2D eigenvalue weighted by Gasteiger charge is 2.36. The molecular formula is C26H37F3N5O7P. The number of anilines is 3. The van der Waals surface area contributed by atoms with Crippen molar-refractivity contribution in [2.45, 2.75) is 38.9 Å². The second-order valence-corrected chi connectivity index (χ2v) is 11.3. The molecule has 2 aliphatic heterocycles. The molecule has 42 heavy (non-hydrogen) atoms. The highest BCUT2D eigenvalue weighted by molar-refractivity contribution is 7.45. The SMILES string of the molecule is Cc1ccc(NC(=O)N2CCC(CC(F)(F)F)C2)cc1-c1cc(NC(C)CO)nc(N2CCOCC2)c1.O=P(O)(O)O. The van der Waals surface area contributed by atoms with Gasteiger partial charge in [-0.1, -0.05) is 6.07 Å². The van der Waals surface area contributed by atoms with Gasteiger partial charge in [-0.15, -0.1) is 0 Å². The van der Waals surface area contributed by atoms with Gasteiger partial charge in [0, 0.05) is 44.3 Å². The molecule has 0 bridgehead atoms. The summed E-state index contributed by atoms with van der Waals surface area (Å²) in [7, 11) is -4.64. The molecule has 0 radical (unpaired) electrons. The quantitative estimate of drug-likeness (QED) is 0.252. The Morgan fingerprint density at radius 2 is 1.83 bits per heavy atom. The van der Waals surface area contributed by atoms with Gasteiger partial charge in [0.05, 0.1) is 19.8 Å². The number of hydrogen-bond donors (Lipinski definition) is 6. The van der Waals surface area contributed by atoms with Crippen molar-refractivity contribution in [3.63, 3.8) is 0 Å². The first-order chi connectivity index (χ1) is 19.6. The number of pyridine rings is 1. The third-order valence-electron chi connectivity index (χ3n) is 6.71. The van der Waals surface area contributed by atoms with Gasteiger partial charge in [0.25, 0.3) is 0 Å². The van der Waals surface area contributed by atoms with Crippen LogP contribution in [0.3, 0.4) is 0 Å². The van der Waals surface area contributed by atoms with Gasteiger partial charge in [0.1, 0.15) is 11.6 Å². The van der Waals surface area contributed by atoms with Gasteiger partial charge in [0.2, 0.25) is 0 Å². The molecule has 16 heteroatoms.